The molecule has 0 saturated carbocycles. The molecular formula is C20H21ClN4O2. The molecule has 0 spiro atoms. The SMILES string of the molecule is COCCNc1cc(-c2ccccc2)nc(Nc2cc(Cl)ccc2OC)n1. The van der Waals surface area contributed by atoms with E-state index in [9.17, 15) is 0 Å². The number of ether oxygens (including phenoxy) is 2. The number of hydrogen-bond donors (Lipinski definition) is 2. The first-order chi connectivity index (χ1) is 13.2. The van der Waals surface area contributed by atoms with Crippen LogP contribution < -0.4 is 15.4 Å². The van der Waals surface area contributed by atoms with E-state index < -0.39 is 0 Å². The van der Waals surface area contributed by atoms with Gasteiger partial charge in [0.05, 0.1) is 25.1 Å². The molecule has 0 amide bonds. The molecule has 2 aromatic carbocycles. The molecule has 2 N–H and O–H groups in total. The molecule has 140 valence electrons. The predicted molar refractivity (Wildman–Crippen MR) is 109 cm³/mol. The van der Waals surface area contributed by atoms with Gasteiger partial charge in [0.25, 0.3) is 0 Å². The fourth-order valence-corrected chi connectivity index (χ4v) is 2.70. The van der Waals surface area contributed by atoms with Crippen molar-refractivity contribution in [2.45, 2.75) is 0 Å². The molecule has 0 aliphatic rings. The Bertz CT molecular complexity index is 890. The second kappa shape index (κ2) is 9.21. The monoisotopic (exact) mass is 384 g/mol. The minimum atomic E-state index is 0.442. The van der Waals surface area contributed by atoms with Crippen molar-refractivity contribution >= 4 is 29.1 Å². The normalized spacial score (nSPS) is 10.5. The van der Waals surface area contributed by atoms with E-state index in [2.05, 4.69) is 20.6 Å². The van der Waals surface area contributed by atoms with Gasteiger partial charge in [-0.1, -0.05) is 41.9 Å². The van der Waals surface area contributed by atoms with Crippen molar-refractivity contribution in [1.82, 2.24) is 9.97 Å². The Hall–Kier alpha value is -2.83. The summed E-state index contributed by atoms with van der Waals surface area (Å²) in [5.74, 6) is 1.79. The quantitative estimate of drug-likeness (QED) is 0.553. The van der Waals surface area contributed by atoms with Gasteiger partial charge in [-0.25, -0.2) is 4.98 Å². The summed E-state index contributed by atoms with van der Waals surface area (Å²) in [5, 5.41) is 7.04. The third-order valence-corrected chi connectivity index (χ3v) is 4.05. The summed E-state index contributed by atoms with van der Waals surface area (Å²) in [4.78, 5) is 9.18. The third-order valence-electron chi connectivity index (χ3n) is 3.82. The fraction of sp³-hybridized carbons (Fsp3) is 0.200. The zero-order valence-corrected chi connectivity index (χ0v) is 16.0. The Kier molecular flexibility index (Phi) is 6.46. The van der Waals surface area contributed by atoms with E-state index in [-0.39, 0.29) is 0 Å². The Labute approximate surface area is 163 Å². The number of halogens is 1. The molecule has 0 saturated heterocycles. The highest BCUT2D eigenvalue weighted by Crippen LogP contribution is 2.30. The van der Waals surface area contributed by atoms with Gasteiger partial charge in [-0.15, -0.1) is 0 Å². The molecule has 0 radical (unpaired) electrons. The summed E-state index contributed by atoms with van der Waals surface area (Å²) in [6.07, 6.45) is 0. The second-order valence-corrected chi connectivity index (χ2v) is 6.15. The second-order valence-electron chi connectivity index (χ2n) is 5.72. The topological polar surface area (TPSA) is 68.3 Å². The lowest BCUT2D eigenvalue weighted by Gasteiger charge is -2.13. The van der Waals surface area contributed by atoms with Crippen LogP contribution in [-0.2, 0) is 4.74 Å². The van der Waals surface area contributed by atoms with Crippen molar-refractivity contribution in [3.63, 3.8) is 0 Å². The van der Waals surface area contributed by atoms with E-state index in [4.69, 9.17) is 21.1 Å². The Morgan fingerprint density at radius 2 is 1.81 bits per heavy atom. The summed E-state index contributed by atoms with van der Waals surface area (Å²) >= 11 is 6.12. The zero-order chi connectivity index (χ0) is 19.1. The zero-order valence-electron chi connectivity index (χ0n) is 15.2. The van der Waals surface area contributed by atoms with Crippen molar-refractivity contribution in [1.29, 1.82) is 0 Å². The van der Waals surface area contributed by atoms with Gasteiger partial charge < -0.3 is 20.1 Å². The Morgan fingerprint density at radius 1 is 1.00 bits per heavy atom. The van der Waals surface area contributed by atoms with Crippen molar-refractivity contribution in [2.24, 2.45) is 0 Å². The van der Waals surface area contributed by atoms with Gasteiger partial charge in [0.15, 0.2) is 0 Å². The molecule has 0 atom stereocenters. The van der Waals surface area contributed by atoms with Gasteiger partial charge in [0.2, 0.25) is 5.95 Å². The first-order valence-electron chi connectivity index (χ1n) is 8.47. The van der Waals surface area contributed by atoms with E-state index in [0.29, 0.717) is 41.4 Å². The maximum Gasteiger partial charge on any atom is 0.229 e. The maximum atomic E-state index is 6.12. The van der Waals surface area contributed by atoms with Crippen LogP contribution in [0.4, 0.5) is 17.5 Å². The number of hydrogen-bond acceptors (Lipinski definition) is 6. The maximum absolute atomic E-state index is 6.12. The molecule has 6 nitrogen and oxygen atoms in total. The largest absolute Gasteiger partial charge is 0.495 e. The summed E-state index contributed by atoms with van der Waals surface area (Å²) in [7, 11) is 3.27. The lowest BCUT2D eigenvalue weighted by Crippen LogP contribution is -2.10. The third kappa shape index (κ3) is 5.09. The minimum Gasteiger partial charge on any atom is -0.495 e. The number of nitrogens with one attached hydrogen (secondary N) is 2. The van der Waals surface area contributed by atoms with Crippen LogP contribution in [0.3, 0.4) is 0 Å². The molecular weight excluding hydrogens is 364 g/mol. The Morgan fingerprint density at radius 3 is 2.56 bits per heavy atom. The molecule has 27 heavy (non-hydrogen) atoms. The molecule has 0 bridgehead atoms. The Balaban J connectivity index is 1.96. The van der Waals surface area contributed by atoms with Crippen LogP contribution in [0, 0.1) is 0 Å². The van der Waals surface area contributed by atoms with Crippen LogP contribution in [0.5, 0.6) is 5.75 Å². The molecule has 0 fully saturated rings. The first-order valence-corrected chi connectivity index (χ1v) is 8.85. The van der Waals surface area contributed by atoms with E-state index >= 15 is 0 Å². The van der Waals surface area contributed by atoms with Crippen molar-refractivity contribution in [2.75, 3.05) is 38.0 Å². The average Bonchev–Trinajstić information content (AvgIpc) is 2.69. The predicted octanol–water partition coefficient (Wildman–Crippen LogP) is 4.61. The molecule has 3 aromatic rings. The molecule has 0 aliphatic carbocycles. The van der Waals surface area contributed by atoms with Crippen LogP contribution in [-0.4, -0.2) is 37.3 Å². The highest BCUT2D eigenvalue weighted by atomic mass is 35.5. The number of nitrogens with zero attached hydrogens (tertiary/aromatic N) is 2. The molecule has 1 aromatic heterocycles. The lowest BCUT2D eigenvalue weighted by molar-refractivity contribution is 0.210. The number of aromatic nitrogens is 2. The molecule has 0 unspecified atom stereocenters. The van der Waals surface area contributed by atoms with Gasteiger partial charge in [-0.2, -0.15) is 4.98 Å². The van der Waals surface area contributed by atoms with Gasteiger partial charge in [-0.05, 0) is 18.2 Å². The number of anilines is 3. The van der Waals surface area contributed by atoms with Crippen LogP contribution in [0.2, 0.25) is 5.02 Å². The van der Waals surface area contributed by atoms with Crippen molar-refractivity contribution in [3.05, 3.63) is 59.6 Å². The molecule has 7 heteroatoms. The number of rotatable bonds is 8. The van der Waals surface area contributed by atoms with Crippen LogP contribution in [0.25, 0.3) is 11.3 Å². The summed E-state index contributed by atoms with van der Waals surface area (Å²) in [6, 6.07) is 17.2. The van der Waals surface area contributed by atoms with Gasteiger partial charge in [0, 0.05) is 30.3 Å². The van der Waals surface area contributed by atoms with E-state index in [1.165, 1.54) is 0 Å². The number of benzene rings is 2. The van der Waals surface area contributed by atoms with Crippen molar-refractivity contribution < 1.29 is 9.47 Å². The molecule has 1 heterocycles. The van der Waals surface area contributed by atoms with Gasteiger partial charge in [-0.3, -0.25) is 0 Å². The highest BCUT2D eigenvalue weighted by Gasteiger charge is 2.10. The minimum absolute atomic E-state index is 0.442. The van der Waals surface area contributed by atoms with Crippen LogP contribution in [0.1, 0.15) is 0 Å². The standard InChI is InChI=1S/C20H21ClN4O2/c1-26-11-10-22-19-13-16(14-6-4-3-5-7-14)23-20(25-19)24-17-12-15(21)8-9-18(17)27-2/h3-9,12-13H,10-11H2,1-2H3,(H2,22,23,24,25). The van der Waals surface area contributed by atoms with E-state index in [1.54, 1.807) is 32.4 Å². The smallest absolute Gasteiger partial charge is 0.229 e. The average molecular weight is 385 g/mol. The van der Waals surface area contributed by atoms with Crippen LogP contribution >= 0.6 is 11.6 Å². The van der Waals surface area contributed by atoms with Crippen LogP contribution in [0.15, 0.2) is 54.6 Å². The first kappa shape index (κ1) is 18.9. The molecule has 3 rings (SSSR count). The van der Waals surface area contributed by atoms with E-state index in [0.717, 1.165) is 11.3 Å². The number of methoxy groups -OCH3 is 2. The molecule has 0 aliphatic heterocycles. The van der Waals surface area contributed by atoms with E-state index in [1.807, 2.05) is 36.4 Å². The van der Waals surface area contributed by atoms with Gasteiger partial charge in [0.1, 0.15) is 11.6 Å². The summed E-state index contributed by atoms with van der Waals surface area (Å²) < 4.78 is 10.5. The highest BCUT2D eigenvalue weighted by molar-refractivity contribution is 6.31. The van der Waals surface area contributed by atoms with Gasteiger partial charge >= 0.3 is 0 Å². The lowest BCUT2D eigenvalue weighted by atomic mass is 10.1. The van der Waals surface area contributed by atoms with Crippen molar-refractivity contribution in [3.8, 4) is 17.0 Å². The fourth-order valence-electron chi connectivity index (χ4n) is 2.53. The summed E-state index contributed by atoms with van der Waals surface area (Å²) in [5.41, 5.74) is 2.49. The summed E-state index contributed by atoms with van der Waals surface area (Å²) in [6.45, 7) is 1.22.